The highest BCUT2D eigenvalue weighted by Crippen LogP contribution is 2.35. The van der Waals surface area contributed by atoms with Crippen LogP contribution in [-0.2, 0) is 9.84 Å². The van der Waals surface area contributed by atoms with Gasteiger partial charge >= 0.3 is 0 Å². The summed E-state index contributed by atoms with van der Waals surface area (Å²) in [6, 6.07) is -0.0936. The Bertz CT molecular complexity index is 305. The highest BCUT2D eigenvalue weighted by Gasteiger charge is 2.38. The van der Waals surface area contributed by atoms with Gasteiger partial charge < -0.3 is 5.73 Å². The molecule has 15 heavy (non-hydrogen) atoms. The van der Waals surface area contributed by atoms with Gasteiger partial charge in [-0.2, -0.15) is 0 Å². The third-order valence-corrected chi connectivity index (χ3v) is 4.82. The van der Waals surface area contributed by atoms with Crippen LogP contribution in [-0.4, -0.2) is 31.6 Å². The number of halogens is 1. The number of hydrogen-bond acceptors (Lipinski definition) is 3. The Hall–Kier alpha value is -0.160. The highest BCUT2D eigenvalue weighted by atomic mass is 32.2. The molecule has 2 unspecified atom stereocenters. The fraction of sp³-hybridized carbons (Fsp3) is 1.00. The largest absolute Gasteiger partial charge is 0.328 e. The normalized spacial score (nSPS) is 32.1. The molecule has 1 saturated carbocycles. The van der Waals surface area contributed by atoms with E-state index in [9.17, 15) is 12.8 Å². The van der Waals surface area contributed by atoms with Crippen molar-refractivity contribution < 1.29 is 12.8 Å². The summed E-state index contributed by atoms with van der Waals surface area (Å²) in [7, 11) is -3.06. The van der Waals surface area contributed by atoms with E-state index in [1.54, 1.807) is 0 Å². The lowest BCUT2D eigenvalue weighted by Gasteiger charge is -2.18. The maximum absolute atomic E-state index is 14.0. The average molecular weight is 237 g/mol. The third-order valence-electron chi connectivity index (χ3n) is 2.97. The third kappa shape index (κ3) is 4.07. The van der Waals surface area contributed by atoms with Crippen LogP contribution in [0.15, 0.2) is 0 Å². The Kier molecular flexibility index (Phi) is 4.12. The summed E-state index contributed by atoms with van der Waals surface area (Å²) in [6.07, 6.45) is 2.11. The second-order valence-corrected chi connectivity index (χ2v) is 6.86. The van der Waals surface area contributed by atoms with Crippen molar-refractivity contribution in [1.29, 1.82) is 0 Å². The van der Waals surface area contributed by atoms with Gasteiger partial charge in [-0.15, -0.1) is 0 Å². The van der Waals surface area contributed by atoms with E-state index in [1.807, 2.05) is 6.92 Å². The molecule has 2 N–H and O–H groups in total. The molecule has 0 spiro atoms. The predicted octanol–water partition coefficient (Wildman–Crippen LogP) is 1.42. The maximum Gasteiger partial charge on any atom is 0.150 e. The van der Waals surface area contributed by atoms with Gasteiger partial charge in [-0.1, -0.05) is 6.92 Å². The molecule has 90 valence electrons. The first-order valence-corrected chi connectivity index (χ1v) is 7.34. The molecule has 0 aromatic rings. The van der Waals surface area contributed by atoms with Gasteiger partial charge in [0.25, 0.3) is 0 Å². The monoisotopic (exact) mass is 237 g/mol. The van der Waals surface area contributed by atoms with Crippen molar-refractivity contribution in [3.63, 3.8) is 0 Å². The van der Waals surface area contributed by atoms with Crippen molar-refractivity contribution >= 4 is 9.84 Å². The summed E-state index contributed by atoms with van der Waals surface area (Å²) in [6.45, 7) is 1.81. The van der Waals surface area contributed by atoms with E-state index in [0.29, 0.717) is 25.7 Å². The molecule has 0 amide bonds. The lowest BCUT2D eigenvalue weighted by Crippen LogP contribution is -2.26. The first-order chi connectivity index (χ1) is 6.87. The molecule has 2 atom stereocenters. The molecule has 1 aliphatic rings. The van der Waals surface area contributed by atoms with E-state index in [-0.39, 0.29) is 24.0 Å². The molecule has 0 aromatic heterocycles. The summed E-state index contributed by atoms with van der Waals surface area (Å²) in [5.41, 5.74) is 4.29. The molecule has 1 aliphatic carbocycles. The maximum atomic E-state index is 14.0. The summed E-state index contributed by atoms with van der Waals surface area (Å²) < 4.78 is 36.8. The minimum absolute atomic E-state index is 0.0376. The molecule has 5 heteroatoms. The van der Waals surface area contributed by atoms with Crippen LogP contribution in [0.25, 0.3) is 0 Å². The van der Waals surface area contributed by atoms with Crippen LogP contribution in [0.4, 0.5) is 4.39 Å². The first kappa shape index (κ1) is 12.9. The van der Waals surface area contributed by atoms with E-state index in [1.165, 1.54) is 0 Å². The predicted molar refractivity (Wildman–Crippen MR) is 59.2 cm³/mol. The highest BCUT2D eigenvalue weighted by molar-refractivity contribution is 7.91. The van der Waals surface area contributed by atoms with Gasteiger partial charge in [0, 0.05) is 11.8 Å². The van der Waals surface area contributed by atoms with Crippen LogP contribution >= 0.6 is 0 Å². The van der Waals surface area contributed by atoms with E-state index in [4.69, 9.17) is 5.73 Å². The van der Waals surface area contributed by atoms with Crippen molar-refractivity contribution in [2.45, 2.75) is 50.7 Å². The summed E-state index contributed by atoms with van der Waals surface area (Å²) in [5.74, 6) is 0.124. The minimum Gasteiger partial charge on any atom is -0.328 e. The molecule has 3 nitrogen and oxygen atoms in total. The molecule has 1 rings (SSSR count). The van der Waals surface area contributed by atoms with Crippen molar-refractivity contribution in [3.8, 4) is 0 Å². The molecule has 0 aliphatic heterocycles. The van der Waals surface area contributed by atoms with Gasteiger partial charge in [-0.3, -0.25) is 0 Å². The van der Waals surface area contributed by atoms with Crippen LogP contribution in [0.5, 0.6) is 0 Å². The Morgan fingerprint density at radius 2 is 2.13 bits per heavy atom. The Balaban J connectivity index is 2.43. The molecule has 0 aromatic carbocycles. The number of sulfone groups is 1. The lowest BCUT2D eigenvalue weighted by molar-refractivity contribution is 0.165. The number of hydrogen-bond donors (Lipinski definition) is 1. The zero-order valence-corrected chi connectivity index (χ0v) is 10.0. The topological polar surface area (TPSA) is 60.2 Å². The van der Waals surface area contributed by atoms with Crippen LogP contribution < -0.4 is 5.73 Å². The standard InChI is InChI=1S/C10H20FNO2S/c1-2-6-15(13,14)7-5-10(11)4-3-9(12)8-10/h9H,2-8,12H2,1H3. The quantitative estimate of drug-likeness (QED) is 0.786. The molecule has 0 bridgehead atoms. The minimum atomic E-state index is -3.06. The van der Waals surface area contributed by atoms with E-state index in [0.717, 1.165) is 0 Å². The lowest BCUT2D eigenvalue weighted by atomic mass is 10.0. The SMILES string of the molecule is CCCS(=O)(=O)CCC1(F)CCC(N)C1. The summed E-state index contributed by atoms with van der Waals surface area (Å²) in [4.78, 5) is 0. The number of alkyl halides is 1. The summed E-state index contributed by atoms with van der Waals surface area (Å²) >= 11 is 0. The Labute approximate surface area is 91.1 Å². The van der Waals surface area contributed by atoms with Crippen molar-refractivity contribution in [2.24, 2.45) is 5.73 Å². The van der Waals surface area contributed by atoms with Crippen LogP contribution in [0, 0.1) is 0 Å². The summed E-state index contributed by atoms with van der Waals surface area (Å²) in [5, 5.41) is 0. The molecule has 1 fully saturated rings. The zero-order chi connectivity index (χ0) is 11.5. The van der Waals surface area contributed by atoms with Crippen LogP contribution in [0.3, 0.4) is 0 Å². The van der Waals surface area contributed by atoms with Crippen molar-refractivity contribution in [3.05, 3.63) is 0 Å². The molecule has 0 heterocycles. The number of nitrogens with two attached hydrogens (primary N) is 1. The number of rotatable bonds is 5. The zero-order valence-electron chi connectivity index (χ0n) is 9.21. The smallest absolute Gasteiger partial charge is 0.150 e. The van der Waals surface area contributed by atoms with Crippen molar-refractivity contribution in [2.75, 3.05) is 11.5 Å². The van der Waals surface area contributed by atoms with Crippen LogP contribution in [0.2, 0.25) is 0 Å². The Morgan fingerprint density at radius 1 is 1.47 bits per heavy atom. The van der Waals surface area contributed by atoms with Gasteiger partial charge in [-0.05, 0) is 32.1 Å². The van der Waals surface area contributed by atoms with Gasteiger partial charge in [0.2, 0.25) is 0 Å². The van der Waals surface area contributed by atoms with E-state index < -0.39 is 15.5 Å². The molecule has 0 radical (unpaired) electrons. The van der Waals surface area contributed by atoms with Gasteiger partial charge in [-0.25, -0.2) is 12.8 Å². The van der Waals surface area contributed by atoms with E-state index in [2.05, 4.69) is 0 Å². The molecular formula is C10H20FNO2S. The Morgan fingerprint density at radius 3 is 2.60 bits per heavy atom. The second-order valence-electron chi connectivity index (χ2n) is 4.56. The first-order valence-electron chi connectivity index (χ1n) is 5.52. The van der Waals surface area contributed by atoms with Crippen LogP contribution in [0.1, 0.15) is 39.0 Å². The van der Waals surface area contributed by atoms with Gasteiger partial charge in [0.05, 0.1) is 5.75 Å². The molecule has 0 saturated heterocycles. The fourth-order valence-electron chi connectivity index (χ4n) is 2.10. The second kappa shape index (κ2) is 4.78. The van der Waals surface area contributed by atoms with E-state index >= 15 is 0 Å². The van der Waals surface area contributed by atoms with Gasteiger partial charge in [0.1, 0.15) is 15.5 Å². The van der Waals surface area contributed by atoms with Crippen molar-refractivity contribution in [1.82, 2.24) is 0 Å². The fourth-order valence-corrected chi connectivity index (χ4v) is 3.60. The molecular weight excluding hydrogens is 217 g/mol. The average Bonchev–Trinajstić information content (AvgIpc) is 2.44. The van der Waals surface area contributed by atoms with Gasteiger partial charge in [0.15, 0.2) is 0 Å².